The third-order valence-corrected chi connectivity index (χ3v) is 5.90. The number of carbonyl (C=O) groups excluding carboxylic acids is 1. The fraction of sp³-hybridized carbons (Fsp3) is 0.292. The summed E-state index contributed by atoms with van der Waals surface area (Å²) in [5, 5.41) is 4.07. The first-order valence-corrected chi connectivity index (χ1v) is 10.6. The Balaban J connectivity index is 1.23. The summed E-state index contributed by atoms with van der Waals surface area (Å²) in [5.74, 6) is 0.191. The van der Waals surface area contributed by atoms with Gasteiger partial charge in [-0.15, -0.1) is 0 Å². The Hall–Kier alpha value is -3.45. The minimum absolute atomic E-state index is 0.101. The van der Waals surface area contributed by atoms with Crippen LogP contribution in [0.3, 0.4) is 0 Å². The lowest BCUT2D eigenvalue weighted by Crippen LogP contribution is -2.48. The zero-order valence-electron chi connectivity index (χ0n) is 17.8. The van der Waals surface area contributed by atoms with Gasteiger partial charge in [-0.1, -0.05) is 35.5 Å². The van der Waals surface area contributed by atoms with E-state index in [9.17, 15) is 4.79 Å². The molecule has 0 saturated carbocycles. The molecular formula is C24H25N5O2. The predicted molar refractivity (Wildman–Crippen MR) is 118 cm³/mol. The van der Waals surface area contributed by atoms with E-state index >= 15 is 0 Å². The third kappa shape index (κ3) is 3.84. The molecule has 0 radical (unpaired) electrons. The van der Waals surface area contributed by atoms with Gasteiger partial charge < -0.3 is 13.8 Å². The summed E-state index contributed by atoms with van der Waals surface area (Å²) in [6, 6.07) is 15.7. The minimum Gasteiger partial charge on any atom is -0.350 e. The number of carbonyl (C=O) groups is 1. The van der Waals surface area contributed by atoms with Gasteiger partial charge >= 0.3 is 0 Å². The number of aryl methyl sites for hydroxylation is 2. The second-order valence-electron chi connectivity index (χ2n) is 8.09. The average molecular weight is 415 g/mol. The molecule has 5 rings (SSSR count). The highest BCUT2D eigenvalue weighted by Crippen LogP contribution is 2.21. The summed E-state index contributed by atoms with van der Waals surface area (Å²) in [7, 11) is 0. The van der Waals surface area contributed by atoms with Gasteiger partial charge in [-0.05, 0) is 31.5 Å². The van der Waals surface area contributed by atoms with Crippen molar-refractivity contribution in [2.75, 3.05) is 26.2 Å². The van der Waals surface area contributed by atoms with Crippen LogP contribution in [0.5, 0.6) is 0 Å². The van der Waals surface area contributed by atoms with E-state index in [0.717, 1.165) is 36.5 Å². The largest absolute Gasteiger partial charge is 0.350 e. The summed E-state index contributed by atoms with van der Waals surface area (Å²) < 4.78 is 7.52. The van der Waals surface area contributed by atoms with Gasteiger partial charge in [0.2, 0.25) is 5.76 Å². The molecule has 0 bridgehead atoms. The maximum atomic E-state index is 12.9. The third-order valence-electron chi connectivity index (χ3n) is 5.90. The molecule has 7 nitrogen and oxygen atoms in total. The Kier molecular flexibility index (Phi) is 5.03. The zero-order chi connectivity index (χ0) is 21.4. The van der Waals surface area contributed by atoms with Crippen LogP contribution in [0.1, 0.15) is 27.5 Å². The number of fused-ring (bicyclic) bond motifs is 1. The van der Waals surface area contributed by atoms with Gasteiger partial charge in [0, 0.05) is 50.6 Å². The molecule has 1 aliphatic heterocycles. The first-order chi connectivity index (χ1) is 15.1. The van der Waals surface area contributed by atoms with Gasteiger partial charge in [0.25, 0.3) is 5.91 Å². The molecule has 0 aliphatic carbocycles. The standard InChI is InChI=1S/C24H25N5O2/c1-17-8-9-29-21(18(2)25-23(29)14-17)16-27-10-12-28(13-11-27)24(30)22-15-20(26-31-22)19-6-4-3-5-7-19/h3-9,14-15H,10-13,16H2,1-2H3. The van der Waals surface area contributed by atoms with Crippen molar-refractivity contribution in [2.24, 2.45) is 0 Å². The Morgan fingerprint density at radius 1 is 1.03 bits per heavy atom. The normalized spacial score (nSPS) is 15.0. The SMILES string of the molecule is Cc1ccn2c(CN3CCN(C(=O)c4cc(-c5ccccc5)no4)CC3)c(C)nc2c1. The van der Waals surface area contributed by atoms with Crippen LogP contribution in [-0.2, 0) is 6.54 Å². The predicted octanol–water partition coefficient (Wildman–Crippen LogP) is 3.56. The first kappa shape index (κ1) is 19.5. The van der Waals surface area contributed by atoms with Crippen LogP contribution in [0.15, 0.2) is 59.3 Å². The van der Waals surface area contributed by atoms with E-state index in [2.05, 4.69) is 46.6 Å². The van der Waals surface area contributed by atoms with Gasteiger partial charge in [-0.2, -0.15) is 0 Å². The summed E-state index contributed by atoms with van der Waals surface area (Å²) in [6.45, 7) is 7.90. The van der Waals surface area contributed by atoms with Crippen LogP contribution in [0, 0.1) is 13.8 Å². The van der Waals surface area contributed by atoms with Crippen molar-refractivity contribution in [1.29, 1.82) is 0 Å². The molecule has 1 aromatic carbocycles. The number of hydrogen-bond donors (Lipinski definition) is 0. The summed E-state index contributed by atoms with van der Waals surface area (Å²) >= 11 is 0. The van der Waals surface area contributed by atoms with Crippen molar-refractivity contribution in [3.8, 4) is 11.3 Å². The molecule has 0 spiro atoms. The number of piperazine rings is 1. The summed E-state index contributed by atoms with van der Waals surface area (Å²) in [5.41, 5.74) is 6.08. The van der Waals surface area contributed by atoms with Gasteiger partial charge in [-0.25, -0.2) is 4.98 Å². The molecule has 4 aromatic rings. The van der Waals surface area contributed by atoms with E-state index in [1.165, 1.54) is 11.3 Å². The van der Waals surface area contributed by atoms with Crippen molar-refractivity contribution in [3.63, 3.8) is 0 Å². The molecule has 3 aromatic heterocycles. The summed E-state index contributed by atoms with van der Waals surface area (Å²) in [4.78, 5) is 21.8. The number of benzene rings is 1. The lowest BCUT2D eigenvalue weighted by Gasteiger charge is -2.34. The second kappa shape index (κ2) is 8.00. The summed E-state index contributed by atoms with van der Waals surface area (Å²) in [6.07, 6.45) is 2.09. The molecule has 158 valence electrons. The van der Waals surface area contributed by atoms with E-state index in [1.54, 1.807) is 6.07 Å². The highest BCUT2D eigenvalue weighted by Gasteiger charge is 2.26. The number of imidazole rings is 1. The van der Waals surface area contributed by atoms with E-state index in [0.29, 0.717) is 24.5 Å². The zero-order valence-corrected chi connectivity index (χ0v) is 17.8. The molecule has 31 heavy (non-hydrogen) atoms. The highest BCUT2D eigenvalue weighted by atomic mass is 16.5. The average Bonchev–Trinajstić information content (AvgIpc) is 3.39. The maximum absolute atomic E-state index is 12.9. The van der Waals surface area contributed by atoms with E-state index in [1.807, 2.05) is 35.2 Å². The number of nitrogens with zero attached hydrogens (tertiary/aromatic N) is 5. The van der Waals surface area contributed by atoms with Crippen LogP contribution in [0.2, 0.25) is 0 Å². The van der Waals surface area contributed by atoms with Crippen LogP contribution < -0.4 is 0 Å². The van der Waals surface area contributed by atoms with Crippen LogP contribution in [0.4, 0.5) is 0 Å². The maximum Gasteiger partial charge on any atom is 0.292 e. The molecule has 7 heteroatoms. The second-order valence-corrected chi connectivity index (χ2v) is 8.09. The lowest BCUT2D eigenvalue weighted by atomic mass is 10.1. The molecule has 0 unspecified atom stereocenters. The quantitative estimate of drug-likeness (QED) is 0.510. The number of pyridine rings is 1. The number of rotatable bonds is 4. The molecule has 0 N–H and O–H groups in total. The molecule has 4 heterocycles. The fourth-order valence-corrected chi connectivity index (χ4v) is 4.10. The molecule has 1 saturated heterocycles. The van der Waals surface area contributed by atoms with Crippen LogP contribution in [-0.4, -0.2) is 56.4 Å². The molecular weight excluding hydrogens is 390 g/mol. The van der Waals surface area contributed by atoms with Gasteiger partial charge in [0.05, 0.1) is 11.4 Å². The molecule has 1 aliphatic rings. The van der Waals surface area contributed by atoms with E-state index < -0.39 is 0 Å². The van der Waals surface area contributed by atoms with Crippen LogP contribution >= 0.6 is 0 Å². The highest BCUT2D eigenvalue weighted by molar-refractivity contribution is 5.92. The van der Waals surface area contributed by atoms with Gasteiger partial charge in [0.15, 0.2) is 0 Å². The Morgan fingerprint density at radius 2 is 1.81 bits per heavy atom. The van der Waals surface area contributed by atoms with Crippen molar-refractivity contribution < 1.29 is 9.32 Å². The monoisotopic (exact) mass is 415 g/mol. The van der Waals surface area contributed by atoms with Crippen molar-refractivity contribution >= 4 is 11.6 Å². The number of hydrogen-bond acceptors (Lipinski definition) is 5. The molecule has 1 fully saturated rings. The lowest BCUT2D eigenvalue weighted by molar-refractivity contribution is 0.0587. The topological polar surface area (TPSA) is 66.9 Å². The molecule has 1 amide bonds. The van der Waals surface area contributed by atoms with Crippen LogP contribution in [0.25, 0.3) is 16.9 Å². The number of aromatic nitrogens is 3. The Morgan fingerprint density at radius 3 is 2.58 bits per heavy atom. The first-order valence-electron chi connectivity index (χ1n) is 10.6. The Labute approximate surface area is 180 Å². The number of amides is 1. The van der Waals surface area contributed by atoms with Crippen molar-refractivity contribution in [2.45, 2.75) is 20.4 Å². The van der Waals surface area contributed by atoms with Crippen molar-refractivity contribution in [1.82, 2.24) is 24.3 Å². The van der Waals surface area contributed by atoms with Gasteiger partial charge in [0.1, 0.15) is 11.3 Å². The Bertz CT molecular complexity index is 1220. The van der Waals surface area contributed by atoms with E-state index in [4.69, 9.17) is 9.51 Å². The van der Waals surface area contributed by atoms with Crippen molar-refractivity contribution in [3.05, 3.63) is 77.4 Å². The van der Waals surface area contributed by atoms with Gasteiger partial charge in [-0.3, -0.25) is 9.69 Å². The van der Waals surface area contributed by atoms with E-state index in [-0.39, 0.29) is 5.91 Å². The smallest absolute Gasteiger partial charge is 0.292 e. The minimum atomic E-state index is -0.101. The molecule has 0 atom stereocenters. The fourth-order valence-electron chi connectivity index (χ4n) is 4.10.